The van der Waals surface area contributed by atoms with Gasteiger partial charge in [-0.3, -0.25) is 4.99 Å². The monoisotopic (exact) mass is 359 g/mol. The second-order valence-corrected chi connectivity index (χ2v) is 9.29. The van der Waals surface area contributed by atoms with Gasteiger partial charge in [-0.05, 0) is 116 Å². The number of methoxy groups -OCH3 is 1. The van der Waals surface area contributed by atoms with Crippen LogP contribution in [0.5, 0.6) is 5.75 Å². The maximum Gasteiger partial charge on any atom is 0.118 e. The third-order valence-electron chi connectivity index (χ3n) is 7.16. The van der Waals surface area contributed by atoms with Gasteiger partial charge in [0, 0.05) is 6.21 Å². The molecule has 27 heavy (non-hydrogen) atoms. The van der Waals surface area contributed by atoms with E-state index in [1.165, 1.54) is 50.5 Å². The first-order chi connectivity index (χ1) is 13.2. The molecule has 2 aromatic carbocycles. The molecule has 2 heteroatoms. The zero-order chi connectivity index (χ0) is 18.3. The lowest BCUT2D eigenvalue weighted by molar-refractivity contribution is -0.0521. The molecule has 0 amide bonds. The predicted octanol–water partition coefficient (Wildman–Crippen LogP) is 6.20. The highest BCUT2D eigenvalue weighted by atomic mass is 16.5. The lowest BCUT2D eigenvalue weighted by atomic mass is 9.48. The molecule has 2 aromatic rings. The first-order valence-electron chi connectivity index (χ1n) is 10.5. The van der Waals surface area contributed by atoms with Crippen LogP contribution < -0.4 is 4.74 Å². The standard InChI is InChI=1S/C25H29NO/c1-27-24-8-4-19(5-9-24)17-26-23-6-2-18(3-7-23)13-25-14-20-10-21(15-25)12-22(11-20)16-25/h2-9,17,20-22H,10-16H2,1H3. The second kappa shape index (κ2) is 6.82. The van der Waals surface area contributed by atoms with Crippen molar-refractivity contribution in [2.45, 2.75) is 44.9 Å². The Balaban J connectivity index is 1.26. The number of ether oxygens (including phenoxy) is 1. The molecule has 0 heterocycles. The van der Waals surface area contributed by atoms with E-state index in [0.29, 0.717) is 5.41 Å². The Hall–Kier alpha value is -2.09. The van der Waals surface area contributed by atoms with Crippen LogP contribution in [-0.2, 0) is 6.42 Å². The molecule has 4 fully saturated rings. The molecule has 4 saturated carbocycles. The summed E-state index contributed by atoms with van der Waals surface area (Å²) < 4.78 is 5.20. The summed E-state index contributed by atoms with van der Waals surface area (Å²) in [5, 5.41) is 0. The third kappa shape index (κ3) is 3.54. The molecule has 4 bridgehead atoms. The average Bonchev–Trinajstić information content (AvgIpc) is 2.66. The number of rotatable bonds is 5. The molecule has 0 atom stereocenters. The van der Waals surface area contributed by atoms with Crippen molar-refractivity contribution in [1.82, 2.24) is 0 Å². The summed E-state index contributed by atoms with van der Waals surface area (Å²) in [6, 6.07) is 17.0. The Morgan fingerprint density at radius 3 is 2.04 bits per heavy atom. The summed E-state index contributed by atoms with van der Waals surface area (Å²) in [5.41, 5.74) is 4.23. The molecule has 0 aliphatic heterocycles. The lowest BCUT2D eigenvalue weighted by Gasteiger charge is -2.57. The molecule has 140 valence electrons. The van der Waals surface area contributed by atoms with E-state index in [2.05, 4.69) is 29.3 Å². The molecule has 0 unspecified atom stereocenters. The van der Waals surface area contributed by atoms with E-state index in [4.69, 9.17) is 4.74 Å². The maximum atomic E-state index is 5.20. The minimum atomic E-state index is 0.614. The van der Waals surface area contributed by atoms with Gasteiger partial charge in [-0.25, -0.2) is 0 Å². The zero-order valence-electron chi connectivity index (χ0n) is 16.2. The molecule has 2 nitrogen and oxygen atoms in total. The number of hydrogen-bond donors (Lipinski definition) is 0. The van der Waals surface area contributed by atoms with Crippen molar-refractivity contribution < 1.29 is 4.74 Å². The number of nitrogens with zero attached hydrogens (tertiary/aromatic N) is 1. The Morgan fingerprint density at radius 1 is 0.889 bits per heavy atom. The van der Waals surface area contributed by atoms with Gasteiger partial charge in [-0.1, -0.05) is 12.1 Å². The minimum absolute atomic E-state index is 0.614. The molecule has 0 saturated heterocycles. The van der Waals surface area contributed by atoms with Crippen LogP contribution in [0.15, 0.2) is 53.5 Å². The maximum absolute atomic E-state index is 5.20. The lowest BCUT2D eigenvalue weighted by Crippen LogP contribution is -2.47. The van der Waals surface area contributed by atoms with Gasteiger partial charge in [-0.15, -0.1) is 0 Å². The van der Waals surface area contributed by atoms with Gasteiger partial charge < -0.3 is 4.74 Å². The van der Waals surface area contributed by atoms with Gasteiger partial charge in [0.15, 0.2) is 0 Å². The van der Waals surface area contributed by atoms with Crippen molar-refractivity contribution in [3.05, 3.63) is 59.7 Å². The van der Waals surface area contributed by atoms with E-state index < -0.39 is 0 Å². The molecule has 0 N–H and O–H groups in total. The van der Waals surface area contributed by atoms with E-state index in [9.17, 15) is 0 Å². The fourth-order valence-corrected chi connectivity index (χ4v) is 6.48. The summed E-state index contributed by atoms with van der Waals surface area (Å²) in [7, 11) is 1.69. The first kappa shape index (κ1) is 17.0. The predicted molar refractivity (Wildman–Crippen MR) is 111 cm³/mol. The van der Waals surface area contributed by atoms with Crippen molar-refractivity contribution in [2.24, 2.45) is 28.2 Å². The van der Waals surface area contributed by atoms with Crippen molar-refractivity contribution in [3.63, 3.8) is 0 Å². The molecule has 0 aromatic heterocycles. The van der Waals surface area contributed by atoms with Crippen LogP contribution in [0.2, 0.25) is 0 Å². The summed E-state index contributed by atoms with van der Waals surface area (Å²) in [6.45, 7) is 0. The molecule has 4 aliphatic rings. The topological polar surface area (TPSA) is 21.6 Å². The normalized spacial score (nSPS) is 31.5. The van der Waals surface area contributed by atoms with Gasteiger partial charge in [-0.2, -0.15) is 0 Å². The van der Waals surface area contributed by atoms with E-state index >= 15 is 0 Å². The minimum Gasteiger partial charge on any atom is -0.497 e. The number of hydrogen-bond acceptors (Lipinski definition) is 2. The SMILES string of the molecule is COc1ccc(C=Nc2ccc(CC34CC5CC(CC(C5)C3)C4)cc2)cc1. The summed E-state index contributed by atoms with van der Waals surface area (Å²) in [5.74, 6) is 3.97. The molecule has 0 spiro atoms. The highest BCUT2D eigenvalue weighted by Crippen LogP contribution is 2.61. The highest BCUT2D eigenvalue weighted by molar-refractivity contribution is 5.82. The molecular weight excluding hydrogens is 330 g/mol. The quantitative estimate of drug-likeness (QED) is 0.582. The average molecular weight is 360 g/mol. The smallest absolute Gasteiger partial charge is 0.118 e. The van der Waals surface area contributed by atoms with Crippen molar-refractivity contribution in [1.29, 1.82) is 0 Å². The summed E-state index contributed by atoms with van der Waals surface area (Å²) >= 11 is 0. The van der Waals surface area contributed by atoms with Crippen molar-refractivity contribution in [3.8, 4) is 5.75 Å². The van der Waals surface area contributed by atoms with Gasteiger partial charge in [0.1, 0.15) is 5.75 Å². The fraction of sp³-hybridized carbons (Fsp3) is 0.480. The van der Waals surface area contributed by atoms with Crippen LogP contribution in [0.25, 0.3) is 0 Å². The first-order valence-corrected chi connectivity index (χ1v) is 10.5. The van der Waals surface area contributed by atoms with E-state index in [0.717, 1.165) is 34.8 Å². The van der Waals surface area contributed by atoms with Crippen LogP contribution in [0.4, 0.5) is 5.69 Å². The van der Waals surface area contributed by atoms with Gasteiger partial charge in [0.2, 0.25) is 0 Å². The molecule has 0 radical (unpaired) electrons. The van der Waals surface area contributed by atoms with Gasteiger partial charge in [0.25, 0.3) is 0 Å². The van der Waals surface area contributed by atoms with Crippen LogP contribution >= 0.6 is 0 Å². The van der Waals surface area contributed by atoms with Crippen LogP contribution in [0.3, 0.4) is 0 Å². The number of benzene rings is 2. The Bertz CT molecular complexity index is 783. The number of aliphatic imine (C=N–C) groups is 1. The molecule has 6 rings (SSSR count). The van der Waals surface area contributed by atoms with Crippen LogP contribution in [0, 0.1) is 23.2 Å². The van der Waals surface area contributed by atoms with Gasteiger partial charge in [0.05, 0.1) is 12.8 Å². The van der Waals surface area contributed by atoms with Gasteiger partial charge >= 0.3 is 0 Å². The Labute approximate surface area is 162 Å². The highest BCUT2D eigenvalue weighted by Gasteiger charge is 2.50. The third-order valence-corrected chi connectivity index (χ3v) is 7.16. The summed E-state index contributed by atoms with van der Waals surface area (Å²) in [6.07, 6.45) is 12.2. The fourth-order valence-electron chi connectivity index (χ4n) is 6.48. The Kier molecular flexibility index (Phi) is 4.30. The molecule has 4 aliphatic carbocycles. The van der Waals surface area contributed by atoms with Crippen LogP contribution in [-0.4, -0.2) is 13.3 Å². The van der Waals surface area contributed by atoms with Crippen molar-refractivity contribution >= 4 is 11.9 Å². The largest absolute Gasteiger partial charge is 0.497 e. The van der Waals surface area contributed by atoms with Crippen LogP contribution in [0.1, 0.15) is 49.7 Å². The van der Waals surface area contributed by atoms with E-state index in [1.807, 2.05) is 30.5 Å². The summed E-state index contributed by atoms with van der Waals surface area (Å²) in [4.78, 5) is 4.63. The van der Waals surface area contributed by atoms with Crippen molar-refractivity contribution in [2.75, 3.05) is 7.11 Å². The second-order valence-electron chi connectivity index (χ2n) is 9.29. The Morgan fingerprint density at radius 2 is 1.48 bits per heavy atom. The van der Waals surface area contributed by atoms with E-state index in [-0.39, 0.29) is 0 Å². The van der Waals surface area contributed by atoms with E-state index in [1.54, 1.807) is 7.11 Å². The zero-order valence-corrected chi connectivity index (χ0v) is 16.2. The molecular formula is C25H29NO.